The molecule has 2 heterocycles. The normalized spacial score (nSPS) is 13.2. The SMILES string of the molecule is CC1(C)c2cc3ccccc3cc2-c2c(-c3cc(-c4ccccc4-c4ccc5c(c4)sc4ccccc45)nc(-c4ccccc4)n3)cccc21. The van der Waals surface area contributed by atoms with Crippen molar-refractivity contribution in [3.63, 3.8) is 0 Å². The summed E-state index contributed by atoms with van der Waals surface area (Å²) in [5, 5.41) is 5.14. The first-order valence-electron chi connectivity index (χ1n) is 17.2. The summed E-state index contributed by atoms with van der Waals surface area (Å²) in [6.45, 7) is 4.70. The number of nitrogens with zero attached hydrogens (tertiary/aromatic N) is 2. The minimum Gasteiger partial charge on any atom is -0.228 e. The van der Waals surface area contributed by atoms with Crippen LogP contribution in [0.1, 0.15) is 25.0 Å². The van der Waals surface area contributed by atoms with E-state index in [0.717, 1.165) is 39.5 Å². The van der Waals surface area contributed by atoms with E-state index in [4.69, 9.17) is 9.97 Å². The van der Waals surface area contributed by atoms with Crippen molar-refractivity contribution in [3.8, 4) is 56.2 Å². The molecule has 0 spiro atoms. The highest BCUT2D eigenvalue weighted by Crippen LogP contribution is 2.53. The van der Waals surface area contributed by atoms with E-state index in [9.17, 15) is 0 Å². The van der Waals surface area contributed by atoms with E-state index in [1.807, 2.05) is 17.4 Å². The first-order chi connectivity index (χ1) is 24.5. The maximum absolute atomic E-state index is 5.32. The summed E-state index contributed by atoms with van der Waals surface area (Å²) in [6, 6.07) is 56.9. The summed E-state index contributed by atoms with van der Waals surface area (Å²) in [6.07, 6.45) is 0. The molecule has 3 heteroatoms. The van der Waals surface area contributed by atoms with Crippen LogP contribution in [0, 0.1) is 0 Å². The monoisotopic (exact) mass is 656 g/mol. The van der Waals surface area contributed by atoms with Crippen molar-refractivity contribution < 1.29 is 0 Å². The molecule has 0 bridgehead atoms. The van der Waals surface area contributed by atoms with E-state index in [-0.39, 0.29) is 5.41 Å². The molecule has 10 rings (SSSR count). The van der Waals surface area contributed by atoms with Crippen LogP contribution < -0.4 is 0 Å². The second kappa shape index (κ2) is 11.1. The van der Waals surface area contributed by atoms with Gasteiger partial charge in [0.25, 0.3) is 0 Å². The molecule has 2 aromatic heterocycles. The lowest BCUT2D eigenvalue weighted by molar-refractivity contribution is 0.661. The van der Waals surface area contributed by atoms with Crippen LogP contribution in [0.4, 0.5) is 0 Å². The summed E-state index contributed by atoms with van der Waals surface area (Å²) >= 11 is 1.85. The molecule has 0 radical (unpaired) electrons. The lowest BCUT2D eigenvalue weighted by atomic mass is 9.81. The zero-order valence-corrected chi connectivity index (χ0v) is 28.6. The number of thiophene rings is 1. The van der Waals surface area contributed by atoms with Gasteiger partial charge in [-0.15, -0.1) is 11.3 Å². The van der Waals surface area contributed by atoms with Gasteiger partial charge in [-0.1, -0.05) is 141 Å². The average molecular weight is 657 g/mol. The fourth-order valence-corrected chi connectivity index (χ4v) is 9.12. The van der Waals surface area contributed by atoms with E-state index in [1.165, 1.54) is 58.8 Å². The Labute approximate surface area is 295 Å². The largest absolute Gasteiger partial charge is 0.228 e. The maximum atomic E-state index is 5.32. The van der Waals surface area contributed by atoms with Crippen molar-refractivity contribution in [1.82, 2.24) is 9.97 Å². The third-order valence-electron chi connectivity index (χ3n) is 10.5. The molecule has 1 aliphatic carbocycles. The number of hydrogen-bond donors (Lipinski definition) is 0. The van der Waals surface area contributed by atoms with Gasteiger partial charge in [-0.3, -0.25) is 0 Å². The fraction of sp³-hybridized carbons (Fsp3) is 0.0638. The van der Waals surface area contributed by atoms with Crippen molar-refractivity contribution in [3.05, 3.63) is 169 Å². The summed E-state index contributed by atoms with van der Waals surface area (Å²) in [4.78, 5) is 10.6. The summed E-state index contributed by atoms with van der Waals surface area (Å²) in [5.74, 6) is 0.724. The molecular formula is C47H32N2S. The highest BCUT2D eigenvalue weighted by Gasteiger charge is 2.37. The Hall–Kier alpha value is -5.90. The molecule has 0 unspecified atom stereocenters. The van der Waals surface area contributed by atoms with Crippen LogP contribution in [0.25, 0.3) is 87.1 Å². The van der Waals surface area contributed by atoms with Gasteiger partial charge in [-0.25, -0.2) is 9.97 Å². The van der Waals surface area contributed by atoms with E-state index >= 15 is 0 Å². The predicted molar refractivity (Wildman–Crippen MR) is 212 cm³/mol. The van der Waals surface area contributed by atoms with Crippen LogP contribution in [-0.2, 0) is 5.41 Å². The van der Waals surface area contributed by atoms with Gasteiger partial charge in [0.1, 0.15) is 0 Å². The Morgan fingerprint density at radius 1 is 0.440 bits per heavy atom. The van der Waals surface area contributed by atoms with Gasteiger partial charge in [0.2, 0.25) is 0 Å². The molecule has 236 valence electrons. The summed E-state index contributed by atoms with van der Waals surface area (Å²) < 4.78 is 2.61. The van der Waals surface area contributed by atoms with Gasteiger partial charge in [0.15, 0.2) is 5.82 Å². The van der Waals surface area contributed by atoms with Crippen molar-refractivity contribution in [2.45, 2.75) is 19.3 Å². The molecule has 0 saturated carbocycles. The van der Waals surface area contributed by atoms with Crippen molar-refractivity contribution >= 4 is 42.3 Å². The first-order valence-corrected chi connectivity index (χ1v) is 18.0. The Kier molecular flexibility index (Phi) is 6.43. The Balaban J connectivity index is 1.20. The lowest BCUT2D eigenvalue weighted by Crippen LogP contribution is -2.14. The third kappa shape index (κ3) is 4.47. The smallest absolute Gasteiger partial charge is 0.160 e. The van der Waals surface area contributed by atoms with E-state index in [0.29, 0.717) is 0 Å². The molecule has 9 aromatic rings. The summed E-state index contributed by atoms with van der Waals surface area (Å²) in [7, 11) is 0. The standard InChI is InChI=1S/C47H32N2S/c1-47(2)39-21-12-20-37(45(39)38-25-30-15-6-7-16-31(30)26-40(38)47)42-28-41(48-46(49-42)29-13-4-3-5-14-29)34-18-9-8-17-33(34)32-23-24-36-35-19-10-11-22-43(35)50-44(36)27-32/h3-28H,1-2H3. The molecule has 0 atom stereocenters. The number of fused-ring (bicyclic) bond motifs is 7. The van der Waals surface area contributed by atoms with Crippen LogP contribution in [0.3, 0.4) is 0 Å². The third-order valence-corrected chi connectivity index (χ3v) is 11.6. The van der Waals surface area contributed by atoms with Gasteiger partial charge in [-0.05, 0) is 74.5 Å². The van der Waals surface area contributed by atoms with E-state index in [2.05, 4.69) is 166 Å². The number of benzene rings is 7. The van der Waals surface area contributed by atoms with Crippen LogP contribution in [-0.4, -0.2) is 9.97 Å². The molecule has 7 aromatic carbocycles. The second-order valence-corrected chi connectivity index (χ2v) is 14.9. The number of hydrogen-bond acceptors (Lipinski definition) is 3. The minimum absolute atomic E-state index is 0.138. The molecule has 0 N–H and O–H groups in total. The zero-order chi connectivity index (χ0) is 33.4. The number of rotatable bonds is 4. The lowest BCUT2D eigenvalue weighted by Gasteiger charge is -2.22. The van der Waals surface area contributed by atoms with Gasteiger partial charge in [0.05, 0.1) is 11.4 Å². The summed E-state index contributed by atoms with van der Waals surface area (Å²) in [5.41, 5.74) is 12.5. The Morgan fingerprint density at radius 3 is 1.94 bits per heavy atom. The van der Waals surface area contributed by atoms with E-state index < -0.39 is 0 Å². The van der Waals surface area contributed by atoms with Crippen LogP contribution in [0.15, 0.2) is 158 Å². The molecule has 1 aliphatic rings. The maximum Gasteiger partial charge on any atom is 0.160 e. The molecular weight excluding hydrogens is 625 g/mol. The molecule has 2 nitrogen and oxygen atoms in total. The minimum atomic E-state index is -0.138. The zero-order valence-electron chi connectivity index (χ0n) is 27.8. The second-order valence-electron chi connectivity index (χ2n) is 13.8. The molecule has 0 fully saturated rings. The molecule has 0 amide bonds. The molecule has 0 aliphatic heterocycles. The van der Waals surface area contributed by atoms with Crippen molar-refractivity contribution in [1.29, 1.82) is 0 Å². The van der Waals surface area contributed by atoms with Crippen LogP contribution in [0.5, 0.6) is 0 Å². The van der Waals surface area contributed by atoms with Gasteiger partial charge < -0.3 is 0 Å². The van der Waals surface area contributed by atoms with Crippen molar-refractivity contribution in [2.75, 3.05) is 0 Å². The first kappa shape index (κ1) is 29.1. The van der Waals surface area contributed by atoms with Gasteiger partial charge in [0, 0.05) is 42.3 Å². The molecule has 50 heavy (non-hydrogen) atoms. The van der Waals surface area contributed by atoms with E-state index in [1.54, 1.807) is 0 Å². The van der Waals surface area contributed by atoms with Gasteiger partial charge >= 0.3 is 0 Å². The van der Waals surface area contributed by atoms with Crippen LogP contribution >= 0.6 is 11.3 Å². The topological polar surface area (TPSA) is 25.8 Å². The van der Waals surface area contributed by atoms with Crippen LogP contribution in [0.2, 0.25) is 0 Å². The quantitative estimate of drug-likeness (QED) is 0.188. The Morgan fingerprint density at radius 2 is 1.10 bits per heavy atom. The highest BCUT2D eigenvalue weighted by molar-refractivity contribution is 7.25. The van der Waals surface area contributed by atoms with Crippen molar-refractivity contribution in [2.24, 2.45) is 0 Å². The average Bonchev–Trinajstić information content (AvgIpc) is 3.65. The highest BCUT2D eigenvalue weighted by atomic mass is 32.1. The number of aromatic nitrogens is 2. The predicted octanol–water partition coefficient (Wildman–Crippen LogP) is 13.0. The van der Waals surface area contributed by atoms with Gasteiger partial charge in [-0.2, -0.15) is 0 Å². The fourth-order valence-electron chi connectivity index (χ4n) is 7.98. The Bertz CT molecular complexity index is 2790. The molecule has 0 saturated heterocycles.